The van der Waals surface area contributed by atoms with Crippen LogP contribution in [-0.2, 0) is 19.9 Å². The molecule has 0 saturated carbocycles. The van der Waals surface area contributed by atoms with Gasteiger partial charge in [0, 0.05) is 19.3 Å². The predicted molar refractivity (Wildman–Crippen MR) is 154 cm³/mol. The highest BCUT2D eigenvalue weighted by Crippen LogP contribution is 2.37. The lowest BCUT2D eigenvalue weighted by atomic mass is 10.00. The Morgan fingerprint density at radius 2 is 1.60 bits per heavy atom. The molecule has 236 valence electrons. The molecule has 13 heteroatoms. The first-order valence-electron chi connectivity index (χ1n) is 13.6. The van der Waals surface area contributed by atoms with Gasteiger partial charge >= 0.3 is 12.1 Å². The summed E-state index contributed by atoms with van der Waals surface area (Å²) < 4.78 is 38.2. The number of halogens is 4. The summed E-state index contributed by atoms with van der Waals surface area (Å²) in [5, 5.41) is 26.3. The summed E-state index contributed by atoms with van der Waals surface area (Å²) in [5.41, 5.74) is -0.551. The molecule has 0 amide bonds. The minimum absolute atomic E-state index is 0. The number of aliphatic carboxylic acids is 1. The van der Waals surface area contributed by atoms with E-state index in [-0.39, 0.29) is 23.1 Å². The highest BCUT2D eigenvalue weighted by Gasteiger charge is 2.46. The van der Waals surface area contributed by atoms with Crippen molar-refractivity contribution in [2.45, 2.75) is 37.1 Å². The molecule has 5 rings (SSSR count). The van der Waals surface area contributed by atoms with E-state index in [2.05, 4.69) is 36.6 Å². The number of benzene rings is 1. The van der Waals surface area contributed by atoms with E-state index in [0.29, 0.717) is 9.75 Å². The number of alkyl halides is 3. The Kier molecular flexibility index (Phi) is 14.5. The molecule has 0 spiro atoms. The maximum atomic E-state index is 13.1. The van der Waals surface area contributed by atoms with Crippen LogP contribution in [0.1, 0.15) is 34.6 Å². The van der Waals surface area contributed by atoms with Crippen LogP contribution in [0.2, 0.25) is 0 Å². The standard InChI is InChI=1S/C24H26NO3S2.C4H9N.C2HF3O2.BrH/c1-25(14-5-10-19-8-3-2-4-9-19)15-13-20(18-25)28-23(26)24(27,21-11-6-16-29-21)22-12-7-17-30-22;1-2-4-5-3-1;3-2(4,5)1(6)7;/h2-12,16-17,20,27H,13-15,18H2,1H3;5H,1-4H2;(H,6,7);1H/q+1;;;/p-1. The van der Waals surface area contributed by atoms with E-state index in [4.69, 9.17) is 14.6 Å². The SMILES string of the molecule is C1CC[NH2+]C1.C[N+]1(CC=Cc2ccccc2)CCC(OC(=O)C(O)(c2cccs2)c2cccs2)C1.O=C([O-])C(F)(F)F.[Br-]. The quantitative estimate of drug-likeness (QED) is 0.270. The molecule has 2 saturated heterocycles. The number of likely N-dealkylation sites (tertiary alicyclic amines) is 1. The van der Waals surface area contributed by atoms with Gasteiger partial charge in [0.05, 0.1) is 43.0 Å². The largest absolute Gasteiger partial charge is 1.00 e. The molecule has 3 aromatic rings. The number of aliphatic hydroxyl groups is 1. The van der Waals surface area contributed by atoms with Crippen LogP contribution in [0.4, 0.5) is 13.2 Å². The number of rotatable bonds is 7. The number of carboxylic acid groups (broad SMARTS) is 1. The number of hydrogen-bond acceptors (Lipinski definition) is 7. The van der Waals surface area contributed by atoms with Crippen molar-refractivity contribution in [2.24, 2.45) is 0 Å². The molecule has 7 nitrogen and oxygen atoms in total. The second kappa shape index (κ2) is 17.1. The summed E-state index contributed by atoms with van der Waals surface area (Å²) in [4.78, 5) is 23.1. The van der Waals surface area contributed by atoms with Gasteiger partial charge in [0.15, 0.2) is 6.10 Å². The molecule has 2 fully saturated rings. The average molecular weight is 706 g/mol. The molecule has 2 aliphatic heterocycles. The second-order valence-corrected chi connectivity index (χ2v) is 12.3. The van der Waals surface area contributed by atoms with Crippen molar-refractivity contribution in [1.82, 2.24) is 0 Å². The number of carboxylic acids is 1. The number of nitrogens with zero attached hydrogens (tertiary/aromatic N) is 1. The number of ether oxygens (including phenoxy) is 1. The van der Waals surface area contributed by atoms with Gasteiger partial charge < -0.3 is 46.5 Å². The molecule has 2 unspecified atom stereocenters. The number of carbonyl (C=O) groups is 2. The van der Waals surface area contributed by atoms with Gasteiger partial charge in [-0.2, -0.15) is 13.2 Å². The van der Waals surface area contributed by atoms with Gasteiger partial charge in [-0.3, -0.25) is 0 Å². The minimum atomic E-state index is -5.19. The van der Waals surface area contributed by atoms with E-state index in [1.807, 2.05) is 41.1 Å². The summed E-state index contributed by atoms with van der Waals surface area (Å²) in [5.74, 6) is -3.59. The molecule has 0 radical (unpaired) electrons. The molecule has 4 heterocycles. The summed E-state index contributed by atoms with van der Waals surface area (Å²) >= 11 is 2.73. The van der Waals surface area contributed by atoms with Crippen LogP contribution >= 0.6 is 22.7 Å². The first kappa shape index (κ1) is 36.6. The summed E-state index contributed by atoms with van der Waals surface area (Å²) in [6, 6.07) is 17.5. The number of quaternary nitrogens is 2. The average Bonchev–Trinajstić information content (AvgIpc) is 3.77. The third-order valence-corrected chi connectivity index (χ3v) is 8.87. The minimum Gasteiger partial charge on any atom is -1.00 e. The molecule has 1 aromatic carbocycles. The zero-order valence-corrected chi connectivity index (χ0v) is 26.9. The molecular formula is C30H36BrF3N2O5S2. The van der Waals surface area contributed by atoms with E-state index >= 15 is 0 Å². The number of hydrogen-bond donors (Lipinski definition) is 2. The Labute approximate surface area is 268 Å². The van der Waals surface area contributed by atoms with Gasteiger partial charge in [-0.05, 0) is 34.5 Å². The van der Waals surface area contributed by atoms with Crippen molar-refractivity contribution in [2.75, 3.05) is 39.8 Å². The molecule has 2 aliphatic rings. The molecule has 43 heavy (non-hydrogen) atoms. The third kappa shape index (κ3) is 11.1. The van der Waals surface area contributed by atoms with Crippen molar-refractivity contribution in [1.29, 1.82) is 0 Å². The lowest BCUT2D eigenvalue weighted by Crippen LogP contribution is -3.00. The fourth-order valence-electron chi connectivity index (χ4n) is 4.65. The maximum absolute atomic E-state index is 13.1. The Hall–Kier alpha value is -2.55. The summed E-state index contributed by atoms with van der Waals surface area (Å²) in [6.45, 7) is 5.31. The van der Waals surface area contributed by atoms with Crippen LogP contribution < -0.4 is 27.4 Å². The van der Waals surface area contributed by atoms with Crippen LogP contribution in [0.25, 0.3) is 6.08 Å². The molecule has 2 atom stereocenters. The van der Waals surface area contributed by atoms with E-state index in [0.717, 1.165) is 30.5 Å². The Bertz CT molecular complexity index is 1230. The lowest BCUT2D eigenvalue weighted by Gasteiger charge is -2.29. The number of nitrogens with two attached hydrogens (primary N) is 1. The van der Waals surface area contributed by atoms with Crippen LogP contribution in [0.15, 0.2) is 71.4 Å². The first-order chi connectivity index (χ1) is 19.9. The number of carbonyl (C=O) groups excluding carboxylic acids is 2. The van der Waals surface area contributed by atoms with Crippen molar-refractivity contribution >= 4 is 40.7 Å². The number of esters is 1. The van der Waals surface area contributed by atoms with E-state index in [1.54, 1.807) is 12.1 Å². The van der Waals surface area contributed by atoms with E-state index < -0.39 is 23.7 Å². The zero-order chi connectivity index (χ0) is 30.6. The fourth-order valence-corrected chi connectivity index (χ4v) is 6.36. The Morgan fingerprint density at radius 3 is 2.05 bits per heavy atom. The summed E-state index contributed by atoms with van der Waals surface area (Å²) in [6.07, 6.45) is 2.62. The highest BCUT2D eigenvalue weighted by atomic mass is 79.9. The zero-order valence-electron chi connectivity index (χ0n) is 23.7. The fraction of sp³-hybridized carbons (Fsp3) is 0.400. The molecule has 0 aliphatic carbocycles. The van der Waals surface area contributed by atoms with E-state index in [9.17, 15) is 23.1 Å². The van der Waals surface area contributed by atoms with Gasteiger partial charge in [0.25, 0.3) is 0 Å². The van der Waals surface area contributed by atoms with Crippen LogP contribution in [0.3, 0.4) is 0 Å². The van der Waals surface area contributed by atoms with Crippen LogP contribution in [-0.4, -0.2) is 73.6 Å². The topological polar surface area (TPSA) is 103 Å². The van der Waals surface area contributed by atoms with Crippen LogP contribution in [0, 0.1) is 0 Å². The van der Waals surface area contributed by atoms with E-state index in [1.165, 1.54) is 54.2 Å². The second-order valence-electron chi connectivity index (χ2n) is 10.4. The van der Waals surface area contributed by atoms with Gasteiger partial charge in [-0.15, -0.1) is 22.7 Å². The van der Waals surface area contributed by atoms with Crippen molar-refractivity contribution in [3.63, 3.8) is 0 Å². The van der Waals surface area contributed by atoms with Crippen molar-refractivity contribution in [3.8, 4) is 0 Å². The monoisotopic (exact) mass is 704 g/mol. The predicted octanol–water partition coefficient (Wildman–Crippen LogP) is 0.167. The van der Waals surface area contributed by atoms with Gasteiger partial charge in [0.1, 0.15) is 12.5 Å². The van der Waals surface area contributed by atoms with Crippen molar-refractivity contribution < 1.29 is 64.5 Å². The van der Waals surface area contributed by atoms with Gasteiger partial charge in [-0.1, -0.05) is 48.5 Å². The third-order valence-electron chi connectivity index (χ3n) is 6.91. The summed E-state index contributed by atoms with van der Waals surface area (Å²) in [7, 11) is 2.19. The number of thiophene rings is 2. The highest BCUT2D eigenvalue weighted by molar-refractivity contribution is 7.12. The van der Waals surface area contributed by atoms with Crippen LogP contribution in [0.5, 0.6) is 0 Å². The lowest BCUT2D eigenvalue weighted by molar-refractivity contribution is -0.893. The normalized spacial score (nSPS) is 19.9. The van der Waals surface area contributed by atoms with Crippen molar-refractivity contribution in [3.05, 3.63) is 86.8 Å². The molecular weight excluding hydrogens is 669 g/mol. The molecule has 0 bridgehead atoms. The van der Waals surface area contributed by atoms with Gasteiger partial charge in [-0.25, -0.2) is 4.79 Å². The number of likely N-dealkylation sites (N-methyl/N-ethyl adjacent to an activating group) is 1. The molecule has 3 N–H and O–H groups in total. The van der Waals surface area contributed by atoms with Gasteiger partial charge in [0.2, 0.25) is 5.60 Å². The smallest absolute Gasteiger partial charge is 0.430 e. The molecule has 2 aromatic heterocycles. The Balaban J connectivity index is 0.000000416. The Morgan fingerprint density at radius 1 is 1.05 bits per heavy atom. The first-order valence-corrected chi connectivity index (χ1v) is 15.4. The maximum Gasteiger partial charge on any atom is 0.430 e.